The van der Waals surface area contributed by atoms with Gasteiger partial charge in [-0.25, -0.2) is 0 Å². The maximum absolute atomic E-state index is 8.68. The quantitative estimate of drug-likeness (QED) is 0.779. The van der Waals surface area contributed by atoms with Crippen molar-refractivity contribution in [2.45, 2.75) is 24.6 Å². The van der Waals surface area contributed by atoms with Crippen LogP contribution in [-0.4, -0.2) is 11.6 Å². The molecule has 0 unspecified atom stereocenters. The molecule has 1 heterocycles. The number of halogens is 1. The maximum atomic E-state index is 8.68. The first-order valence-electron chi connectivity index (χ1n) is 5.29. The first-order chi connectivity index (χ1) is 7.78. The molecule has 1 fully saturated rings. The fourth-order valence-corrected chi connectivity index (χ4v) is 1.86. The van der Waals surface area contributed by atoms with Crippen LogP contribution in [0.3, 0.4) is 0 Å². The van der Waals surface area contributed by atoms with Crippen molar-refractivity contribution in [2.75, 3.05) is 6.61 Å². The lowest BCUT2D eigenvalue weighted by molar-refractivity contribution is 0.236. The summed E-state index contributed by atoms with van der Waals surface area (Å²) in [6, 6.07) is 6.08. The number of rotatable bonds is 5. The van der Waals surface area contributed by atoms with Gasteiger partial charge in [-0.1, -0.05) is 15.9 Å². The maximum Gasteiger partial charge on any atom is 0.137 e. The standard InChI is InChI=1S/C12H13BrN2O/c13-7-10-1-2-11(8-15-10)16-9-12(3-4-12)5-6-14/h1-2,8H,3-5,7,9H2. The van der Waals surface area contributed by atoms with E-state index in [4.69, 9.17) is 10.00 Å². The molecule has 1 aromatic rings. The summed E-state index contributed by atoms with van der Waals surface area (Å²) in [5.41, 5.74) is 1.12. The SMILES string of the molecule is N#CCC1(COc2ccc(CBr)nc2)CC1. The van der Waals surface area contributed by atoms with Gasteiger partial charge in [0.1, 0.15) is 5.75 Å². The molecule has 0 bridgehead atoms. The van der Waals surface area contributed by atoms with Crippen molar-refractivity contribution in [3.8, 4) is 11.8 Å². The summed E-state index contributed by atoms with van der Waals surface area (Å²) in [5.74, 6) is 0.786. The Morgan fingerprint density at radius 3 is 2.81 bits per heavy atom. The Kier molecular flexibility index (Phi) is 3.45. The average Bonchev–Trinajstić information content (AvgIpc) is 3.08. The Morgan fingerprint density at radius 2 is 2.31 bits per heavy atom. The predicted octanol–water partition coefficient (Wildman–Crippen LogP) is 3.05. The minimum atomic E-state index is 0.128. The topological polar surface area (TPSA) is 45.9 Å². The van der Waals surface area contributed by atoms with Gasteiger partial charge in [0, 0.05) is 17.2 Å². The molecule has 84 valence electrons. The minimum absolute atomic E-state index is 0.128. The average molecular weight is 281 g/mol. The lowest BCUT2D eigenvalue weighted by Gasteiger charge is -2.12. The molecule has 1 aliphatic rings. The van der Waals surface area contributed by atoms with Crippen molar-refractivity contribution >= 4 is 15.9 Å². The number of pyridine rings is 1. The Hall–Kier alpha value is -1.08. The molecular formula is C12H13BrN2O. The Morgan fingerprint density at radius 1 is 1.50 bits per heavy atom. The molecule has 0 N–H and O–H groups in total. The molecule has 3 nitrogen and oxygen atoms in total. The van der Waals surface area contributed by atoms with Crippen LogP contribution in [0.15, 0.2) is 18.3 Å². The smallest absolute Gasteiger partial charge is 0.137 e. The second kappa shape index (κ2) is 4.84. The van der Waals surface area contributed by atoms with E-state index in [0.29, 0.717) is 13.0 Å². The van der Waals surface area contributed by atoms with Gasteiger partial charge in [-0.2, -0.15) is 5.26 Å². The first-order valence-corrected chi connectivity index (χ1v) is 6.41. The lowest BCUT2D eigenvalue weighted by Crippen LogP contribution is -2.12. The van der Waals surface area contributed by atoms with Crippen molar-refractivity contribution < 1.29 is 4.74 Å². The van der Waals surface area contributed by atoms with Crippen LogP contribution in [0.5, 0.6) is 5.75 Å². The summed E-state index contributed by atoms with van der Waals surface area (Å²) in [6.45, 7) is 0.635. The summed E-state index contributed by atoms with van der Waals surface area (Å²) in [5, 5.41) is 9.44. The van der Waals surface area contributed by atoms with Crippen molar-refractivity contribution in [2.24, 2.45) is 5.41 Å². The summed E-state index contributed by atoms with van der Waals surface area (Å²) in [6.07, 6.45) is 4.54. The van der Waals surface area contributed by atoms with E-state index in [-0.39, 0.29) is 5.41 Å². The highest BCUT2D eigenvalue weighted by molar-refractivity contribution is 9.08. The van der Waals surface area contributed by atoms with Gasteiger partial charge in [-0.3, -0.25) is 4.98 Å². The zero-order valence-electron chi connectivity index (χ0n) is 8.95. The molecule has 16 heavy (non-hydrogen) atoms. The molecule has 1 saturated carbocycles. The van der Waals surface area contributed by atoms with Gasteiger partial charge < -0.3 is 4.74 Å². The monoisotopic (exact) mass is 280 g/mol. The van der Waals surface area contributed by atoms with Gasteiger partial charge in [-0.15, -0.1) is 0 Å². The molecule has 1 aromatic heterocycles. The van der Waals surface area contributed by atoms with E-state index in [2.05, 4.69) is 27.0 Å². The summed E-state index contributed by atoms with van der Waals surface area (Å²) in [7, 11) is 0. The van der Waals surface area contributed by atoms with Crippen molar-refractivity contribution in [1.82, 2.24) is 4.98 Å². The molecule has 0 aromatic carbocycles. The van der Waals surface area contributed by atoms with Crippen molar-refractivity contribution in [3.05, 3.63) is 24.0 Å². The van der Waals surface area contributed by atoms with Crippen LogP contribution in [-0.2, 0) is 5.33 Å². The third-order valence-electron chi connectivity index (χ3n) is 2.89. The third kappa shape index (κ3) is 2.73. The summed E-state index contributed by atoms with van der Waals surface area (Å²) >= 11 is 3.34. The molecule has 0 aliphatic heterocycles. The number of hydrogen-bond acceptors (Lipinski definition) is 3. The number of alkyl halides is 1. The fourth-order valence-electron chi connectivity index (χ4n) is 1.53. The Balaban J connectivity index is 1.88. The van der Waals surface area contributed by atoms with E-state index in [1.807, 2.05) is 12.1 Å². The number of aromatic nitrogens is 1. The Bertz CT molecular complexity index is 392. The van der Waals surface area contributed by atoms with Gasteiger partial charge in [0.05, 0.1) is 24.6 Å². The molecular weight excluding hydrogens is 268 g/mol. The van der Waals surface area contributed by atoms with E-state index in [1.54, 1.807) is 6.20 Å². The van der Waals surface area contributed by atoms with E-state index in [0.717, 1.165) is 29.6 Å². The van der Waals surface area contributed by atoms with Gasteiger partial charge in [0.2, 0.25) is 0 Å². The number of nitriles is 1. The highest BCUT2D eigenvalue weighted by Crippen LogP contribution is 2.48. The third-order valence-corrected chi connectivity index (χ3v) is 3.47. The van der Waals surface area contributed by atoms with Crippen LogP contribution in [0.4, 0.5) is 0 Å². The first kappa shape index (κ1) is 11.4. The van der Waals surface area contributed by atoms with E-state index < -0.39 is 0 Å². The lowest BCUT2D eigenvalue weighted by atomic mass is 10.1. The van der Waals surface area contributed by atoms with Crippen molar-refractivity contribution in [1.29, 1.82) is 5.26 Å². The van der Waals surface area contributed by atoms with Gasteiger partial charge in [-0.05, 0) is 25.0 Å². The van der Waals surface area contributed by atoms with E-state index in [1.165, 1.54) is 0 Å². The van der Waals surface area contributed by atoms with Crippen LogP contribution in [0.1, 0.15) is 25.0 Å². The van der Waals surface area contributed by atoms with Crippen LogP contribution >= 0.6 is 15.9 Å². The zero-order chi connectivity index (χ0) is 11.4. The van der Waals surface area contributed by atoms with Crippen LogP contribution in [0, 0.1) is 16.7 Å². The summed E-state index contributed by atoms with van der Waals surface area (Å²) < 4.78 is 5.66. The minimum Gasteiger partial charge on any atom is -0.491 e. The normalized spacial score (nSPS) is 16.5. The molecule has 0 radical (unpaired) electrons. The predicted molar refractivity (Wildman–Crippen MR) is 64.3 cm³/mol. The second-order valence-electron chi connectivity index (χ2n) is 4.24. The summed E-state index contributed by atoms with van der Waals surface area (Å²) in [4.78, 5) is 4.23. The van der Waals surface area contributed by atoms with E-state index >= 15 is 0 Å². The largest absolute Gasteiger partial charge is 0.491 e. The molecule has 2 rings (SSSR count). The molecule has 0 spiro atoms. The molecule has 4 heteroatoms. The molecule has 0 amide bonds. The highest BCUT2D eigenvalue weighted by Gasteiger charge is 2.43. The van der Waals surface area contributed by atoms with Crippen molar-refractivity contribution in [3.63, 3.8) is 0 Å². The second-order valence-corrected chi connectivity index (χ2v) is 4.80. The molecule has 0 atom stereocenters. The van der Waals surface area contributed by atoms with Gasteiger partial charge in [0.15, 0.2) is 0 Å². The Labute approximate surface area is 104 Å². The van der Waals surface area contributed by atoms with Crippen LogP contribution in [0.25, 0.3) is 0 Å². The van der Waals surface area contributed by atoms with Crippen LogP contribution in [0.2, 0.25) is 0 Å². The molecule has 1 aliphatic carbocycles. The van der Waals surface area contributed by atoms with Gasteiger partial charge in [0.25, 0.3) is 0 Å². The van der Waals surface area contributed by atoms with E-state index in [9.17, 15) is 0 Å². The number of ether oxygens (including phenoxy) is 1. The van der Waals surface area contributed by atoms with Gasteiger partial charge >= 0.3 is 0 Å². The molecule has 0 saturated heterocycles. The zero-order valence-corrected chi connectivity index (χ0v) is 10.5. The number of hydrogen-bond donors (Lipinski definition) is 0. The fraction of sp³-hybridized carbons (Fsp3) is 0.500. The number of nitrogens with zero attached hydrogens (tertiary/aromatic N) is 2. The highest BCUT2D eigenvalue weighted by atomic mass is 79.9. The van der Waals surface area contributed by atoms with Crippen LogP contribution < -0.4 is 4.74 Å².